The maximum absolute atomic E-state index is 12.5. The Hall–Kier alpha value is -3.88. The van der Waals surface area contributed by atoms with Gasteiger partial charge in [0.1, 0.15) is 18.3 Å². The minimum atomic E-state index is -0.502. The molecule has 4 heterocycles. The molecule has 4 rings (SSSR count). The summed E-state index contributed by atoms with van der Waals surface area (Å²) in [5.41, 5.74) is 2.84. The minimum absolute atomic E-state index is 0.0517. The van der Waals surface area contributed by atoms with Crippen LogP contribution in [0.2, 0.25) is 0 Å². The SMILES string of the molecule is Cc1cccnc1-c1coc(NC(=O)c2nncn2-c2cccnc2)n1. The Morgan fingerprint density at radius 1 is 1.23 bits per heavy atom. The second-order valence-electron chi connectivity index (χ2n) is 5.40. The van der Waals surface area contributed by atoms with Crippen molar-refractivity contribution in [1.29, 1.82) is 0 Å². The predicted molar refractivity (Wildman–Crippen MR) is 91.6 cm³/mol. The molecule has 26 heavy (non-hydrogen) atoms. The lowest BCUT2D eigenvalue weighted by atomic mass is 10.2. The van der Waals surface area contributed by atoms with Gasteiger partial charge >= 0.3 is 6.01 Å². The number of nitrogens with one attached hydrogen (secondary N) is 1. The number of rotatable bonds is 4. The molecule has 1 N–H and O–H groups in total. The van der Waals surface area contributed by atoms with Crippen LogP contribution in [0.1, 0.15) is 16.2 Å². The smallest absolute Gasteiger partial charge is 0.302 e. The number of nitrogens with zero attached hydrogens (tertiary/aromatic N) is 6. The predicted octanol–water partition coefficient (Wildman–Crippen LogP) is 2.27. The lowest BCUT2D eigenvalue weighted by molar-refractivity contribution is 0.101. The maximum atomic E-state index is 12.5. The van der Waals surface area contributed by atoms with Crippen LogP contribution in [-0.2, 0) is 0 Å². The van der Waals surface area contributed by atoms with Crippen molar-refractivity contribution >= 4 is 11.9 Å². The van der Waals surface area contributed by atoms with Gasteiger partial charge in [-0.1, -0.05) is 6.07 Å². The highest BCUT2D eigenvalue weighted by molar-refractivity contribution is 6.00. The van der Waals surface area contributed by atoms with E-state index in [1.54, 1.807) is 30.7 Å². The summed E-state index contributed by atoms with van der Waals surface area (Å²) in [7, 11) is 0. The molecule has 0 spiro atoms. The van der Waals surface area contributed by atoms with Crippen LogP contribution in [0.3, 0.4) is 0 Å². The molecule has 9 heteroatoms. The highest BCUT2D eigenvalue weighted by Gasteiger charge is 2.18. The number of hydrogen-bond acceptors (Lipinski definition) is 7. The van der Waals surface area contributed by atoms with E-state index in [1.165, 1.54) is 17.2 Å². The van der Waals surface area contributed by atoms with Crippen LogP contribution in [0, 0.1) is 6.92 Å². The average molecular weight is 347 g/mol. The Morgan fingerprint density at radius 3 is 2.92 bits per heavy atom. The molecule has 128 valence electrons. The molecule has 0 atom stereocenters. The summed E-state index contributed by atoms with van der Waals surface area (Å²) >= 11 is 0. The first-order chi connectivity index (χ1) is 12.7. The normalized spacial score (nSPS) is 10.7. The zero-order chi connectivity index (χ0) is 17.9. The number of carbonyl (C=O) groups excluding carboxylic acids is 1. The third kappa shape index (κ3) is 2.93. The Labute approximate surface area is 147 Å². The molecule has 0 bridgehead atoms. The first kappa shape index (κ1) is 15.6. The fraction of sp³-hybridized carbons (Fsp3) is 0.0588. The fourth-order valence-electron chi connectivity index (χ4n) is 2.42. The first-order valence-electron chi connectivity index (χ1n) is 7.71. The third-order valence-corrected chi connectivity index (χ3v) is 3.65. The monoisotopic (exact) mass is 347 g/mol. The van der Waals surface area contributed by atoms with Crippen LogP contribution < -0.4 is 5.32 Å². The summed E-state index contributed by atoms with van der Waals surface area (Å²) in [4.78, 5) is 25.1. The van der Waals surface area contributed by atoms with E-state index < -0.39 is 5.91 Å². The molecule has 0 unspecified atom stereocenters. The Bertz CT molecular complexity index is 1060. The fourth-order valence-corrected chi connectivity index (χ4v) is 2.42. The number of aryl methyl sites for hydroxylation is 1. The van der Waals surface area contributed by atoms with Crippen molar-refractivity contribution in [2.45, 2.75) is 6.92 Å². The molecular formula is C17H13N7O2. The summed E-state index contributed by atoms with van der Waals surface area (Å²) in [6.07, 6.45) is 7.79. The molecule has 9 nitrogen and oxygen atoms in total. The highest BCUT2D eigenvalue weighted by Crippen LogP contribution is 2.21. The van der Waals surface area contributed by atoms with Gasteiger partial charge in [0.15, 0.2) is 0 Å². The average Bonchev–Trinajstić information content (AvgIpc) is 3.32. The van der Waals surface area contributed by atoms with Crippen molar-refractivity contribution < 1.29 is 9.21 Å². The van der Waals surface area contributed by atoms with E-state index in [0.29, 0.717) is 17.1 Å². The number of carbonyl (C=O) groups is 1. The highest BCUT2D eigenvalue weighted by atomic mass is 16.4. The molecule has 0 radical (unpaired) electrons. The van der Waals surface area contributed by atoms with Crippen molar-refractivity contribution in [2.24, 2.45) is 0 Å². The lowest BCUT2D eigenvalue weighted by Gasteiger charge is -2.04. The molecule has 0 aromatic carbocycles. The summed E-state index contributed by atoms with van der Waals surface area (Å²) in [6, 6.07) is 7.36. The summed E-state index contributed by atoms with van der Waals surface area (Å²) in [5.74, 6) is -0.413. The number of hydrogen-bond donors (Lipinski definition) is 1. The molecular weight excluding hydrogens is 334 g/mol. The molecule has 0 fully saturated rings. The van der Waals surface area contributed by atoms with Gasteiger partial charge in [0.25, 0.3) is 5.91 Å². The number of amides is 1. The molecule has 0 saturated carbocycles. The number of aromatic nitrogens is 6. The third-order valence-electron chi connectivity index (χ3n) is 3.65. The molecule has 0 aliphatic carbocycles. The van der Waals surface area contributed by atoms with Crippen LogP contribution >= 0.6 is 0 Å². The minimum Gasteiger partial charge on any atom is -0.431 e. The van der Waals surface area contributed by atoms with E-state index in [4.69, 9.17) is 4.42 Å². The summed E-state index contributed by atoms with van der Waals surface area (Å²) in [6.45, 7) is 1.92. The van der Waals surface area contributed by atoms with E-state index in [-0.39, 0.29) is 11.8 Å². The van der Waals surface area contributed by atoms with Crippen molar-refractivity contribution in [3.8, 4) is 17.1 Å². The van der Waals surface area contributed by atoms with Crippen molar-refractivity contribution in [1.82, 2.24) is 29.7 Å². The molecule has 4 aromatic heterocycles. The Kier molecular flexibility index (Phi) is 3.94. The number of anilines is 1. The van der Waals surface area contributed by atoms with E-state index in [0.717, 1.165) is 5.56 Å². The Balaban J connectivity index is 1.57. The van der Waals surface area contributed by atoms with Crippen molar-refractivity contribution in [3.05, 3.63) is 66.8 Å². The largest absolute Gasteiger partial charge is 0.431 e. The maximum Gasteiger partial charge on any atom is 0.302 e. The van der Waals surface area contributed by atoms with Gasteiger partial charge in [-0.3, -0.25) is 24.6 Å². The van der Waals surface area contributed by atoms with Gasteiger partial charge in [-0.15, -0.1) is 10.2 Å². The van der Waals surface area contributed by atoms with Gasteiger partial charge in [-0.05, 0) is 30.7 Å². The van der Waals surface area contributed by atoms with E-state index in [1.807, 2.05) is 19.1 Å². The number of oxazole rings is 1. The van der Waals surface area contributed by atoms with Crippen molar-refractivity contribution in [3.63, 3.8) is 0 Å². The second-order valence-corrected chi connectivity index (χ2v) is 5.40. The zero-order valence-electron chi connectivity index (χ0n) is 13.7. The lowest BCUT2D eigenvalue weighted by Crippen LogP contribution is -2.17. The van der Waals surface area contributed by atoms with Gasteiger partial charge < -0.3 is 4.42 Å². The van der Waals surface area contributed by atoms with Crippen LogP contribution in [-0.4, -0.2) is 35.6 Å². The molecule has 0 aliphatic heterocycles. The molecule has 4 aromatic rings. The van der Waals surface area contributed by atoms with E-state index in [9.17, 15) is 4.79 Å². The van der Waals surface area contributed by atoms with Gasteiger partial charge in [0.05, 0.1) is 17.6 Å². The van der Waals surface area contributed by atoms with Crippen LogP contribution in [0.15, 0.2) is 59.9 Å². The van der Waals surface area contributed by atoms with E-state index >= 15 is 0 Å². The standard InChI is InChI=1S/C17H13N7O2/c1-11-4-2-7-19-14(11)13-9-26-17(21-13)22-16(25)15-23-20-10-24(15)12-5-3-6-18-8-12/h2-10H,1H3,(H,21,22,25). The second kappa shape index (κ2) is 6.55. The summed E-state index contributed by atoms with van der Waals surface area (Å²) < 4.78 is 6.86. The molecule has 1 amide bonds. The first-order valence-corrected chi connectivity index (χ1v) is 7.71. The van der Waals surface area contributed by atoms with Crippen molar-refractivity contribution in [2.75, 3.05) is 5.32 Å². The van der Waals surface area contributed by atoms with Gasteiger partial charge in [-0.25, -0.2) is 0 Å². The quantitative estimate of drug-likeness (QED) is 0.602. The van der Waals surface area contributed by atoms with Gasteiger partial charge in [0, 0.05) is 12.4 Å². The summed E-state index contributed by atoms with van der Waals surface area (Å²) in [5, 5.41) is 10.2. The molecule has 0 aliphatic rings. The van der Waals surface area contributed by atoms with E-state index in [2.05, 4.69) is 30.5 Å². The van der Waals surface area contributed by atoms with Crippen LogP contribution in [0.25, 0.3) is 17.1 Å². The van der Waals surface area contributed by atoms with Gasteiger partial charge in [-0.2, -0.15) is 4.98 Å². The molecule has 0 saturated heterocycles. The van der Waals surface area contributed by atoms with Crippen LogP contribution in [0.4, 0.5) is 6.01 Å². The Morgan fingerprint density at radius 2 is 2.12 bits per heavy atom. The topological polar surface area (TPSA) is 112 Å². The van der Waals surface area contributed by atoms with Crippen LogP contribution in [0.5, 0.6) is 0 Å². The number of pyridine rings is 2. The van der Waals surface area contributed by atoms with Gasteiger partial charge in [0.2, 0.25) is 5.82 Å². The zero-order valence-corrected chi connectivity index (χ0v) is 13.7.